The predicted octanol–water partition coefficient (Wildman–Crippen LogP) is 6.15. The number of carboxylic acid groups (broad SMARTS) is 1. The Labute approximate surface area is 198 Å². The summed E-state index contributed by atoms with van der Waals surface area (Å²) in [4.78, 5) is 39.4. The van der Waals surface area contributed by atoms with Crippen LogP contribution in [0, 0.1) is 44.8 Å². The summed E-state index contributed by atoms with van der Waals surface area (Å²) in [5, 5.41) is 10.4. The summed E-state index contributed by atoms with van der Waals surface area (Å²) in [6.45, 7) is 13.2. The summed E-state index contributed by atoms with van der Waals surface area (Å²) in [6, 6.07) is 0. The Hall–Kier alpha value is -1.71. The number of ketones is 2. The molecule has 0 aromatic rings. The zero-order valence-electron chi connectivity index (χ0n) is 21.2. The molecule has 1 unspecified atom stereocenters. The third-order valence-corrected chi connectivity index (χ3v) is 11.5. The van der Waals surface area contributed by atoms with Crippen LogP contribution in [-0.4, -0.2) is 22.6 Å². The van der Waals surface area contributed by atoms with Crippen LogP contribution in [0.5, 0.6) is 0 Å². The first kappa shape index (κ1) is 23.1. The number of allylic oxidation sites excluding steroid dienone is 4. The lowest BCUT2D eigenvalue weighted by Crippen LogP contribution is -2.64. The van der Waals surface area contributed by atoms with Crippen molar-refractivity contribution in [3.8, 4) is 0 Å². The van der Waals surface area contributed by atoms with Crippen LogP contribution in [0.25, 0.3) is 0 Å². The van der Waals surface area contributed by atoms with E-state index in [0.29, 0.717) is 19.3 Å². The number of fused-ring (bicyclic) bond motifs is 6. The summed E-state index contributed by atoms with van der Waals surface area (Å²) in [5.74, 6) is -0.386. The predicted molar refractivity (Wildman–Crippen MR) is 127 cm³/mol. The molecule has 4 heteroatoms. The molecule has 6 atom stereocenters. The van der Waals surface area contributed by atoms with Crippen molar-refractivity contribution in [2.24, 2.45) is 44.8 Å². The van der Waals surface area contributed by atoms with Crippen LogP contribution in [-0.2, 0) is 14.4 Å². The SMILES string of the molecule is CC1(C)CC[C@]2(C(=O)O)CC[C@]3(C)C(C(=O)CC4=C5C=CC(=O)C(C)(C)[C@@H]5CC[C@]43C)[C@@H]2C1. The second kappa shape index (κ2) is 6.70. The average molecular weight is 453 g/mol. The zero-order valence-corrected chi connectivity index (χ0v) is 21.2. The smallest absolute Gasteiger partial charge is 0.309 e. The largest absolute Gasteiger partial charge is 0.481 e. The molecule has 0 saturated heterocycles. The molecule has 0 amide bonds. The summed E-state index contributed by atoms with van der Waals surface area (Å²) < 4.78 is 0. The lowest BCUT2D eigenvalue weighted by Gasteiger charge is -2.66. The van der Waals surface area contributed by atoms with Gasteiger partial charge in [-0.1, -0.05) is 53.2 Å². The van der Waals surface area contributed by atoms with Crippen molar-refractivity contribution < 1.29 is 19.5 Å². The third kappa shape index (κ3) is 2.79. The van der Waals surface area contributed by atoms with E-state index in [1.807, 2.05) is 19.9 Å². The molecule has 5 aliphatic rings. The van der Waals surface area contributed by atoms with Crippen LogP contribution in [0.2, 0.25) is 0 Å². The van der Waals surface area contributed by atoms with Crippen molar-refractivity contribution in [2.45, 2.75) is 92.9 Å². The van der Waals surface area contributed by atoms with Gasteiger partial charge in [-0.3, -0.25) is 14.4 Å². The van der Waals surface area contributed by atoms with E-state index in [2.05, 4.69) is 27.7 Å². The van der Waals surface area contributed by atoms with Gasteiger partial charge >= 0.3 is 5.97 Å². The van der Waals surface area contributed by atoms with E-state index < -0.39 is 16.8 Å². The number of carbonyl (C=O) groups excluding carboxylic acids is 2. The minimum atomic E-state index is -0.757. The van der Waals surface area contributed by atoms with Crippen molar-refractivity contribution in [1.29, 1.82) is 0 Å². The van der Waals surface area contributed by atoms with Gasteiger partial charge in [0, 0.05) is 17.8 Å². The van der Waals surface area contributed by atoms with E-state index in [1.54, 1.807) is 6.08 Å². The zero-order chi connectivity index (χ0) is 24.2. The van der Waals surface area contributed by atoms with Crippen LogP contribution in [0.15, 0.2) is 23.3 Å². The normalized spacial score (nSPS) is 45.6. The third-order valence-electron chi connectivity index (χ3n) is 11.5. The fourth-order valence-corrected chi connectivity index (χ4v) is 9.04. The van der Waals surface area contributed by atoms with E-state index in [4.69, 9.17) is 0 Å². The Bertz CT molecular complexity index is 1010. The molecular weight excluding hydrogens is 412 g/mol. The Balaban J connectivity index is 1.66. The van der Waals surface area contributed by atoms with Crippen molar-refractivity contribution >= 4 is 17.5 Å². The van der Waals surface area contributed by atoms with Gasteiger partial charge in [0.15, 0.2) is 5.78 Å². The highest BCUT2D eigenvalue weighted by Crippen LogP contribution is 2.72. The monoisotopic (exact) mass is 452 g/mol. The van der Waals surface area contributed by atoms with Gasteiger partial charge in [0.1, 0.15) is 5.78 Å². The molecule has 0 heterocycles. The van der Waals surface area contributed by atoms with Crippen molar-refractivity contribution in [3.63, 3.8) is 0 Å². The molecule has 5 rings (SSSR count). The molecule has 33 heavy (non-hydrogen) atoms. The van der Waals surface area contributed by atoms with Crippen molar-refractivity contribution in [3.05, 3.63) is 23.3 Å². The second-order valence-corrected chi connectivity index (χ2v) is 13.8. The number of hydrogen-bond donors (Lipinski definition) is 1. The highest BCUT2D eigenvalue weighted by atomic mass is 16.4. The van der Waals surface area contributed by atoms with Gasteiger partial charge in [-0.25, -0.2) is 0 Å². The molecule has 5 aliphatic carbocycles. The fraction of sp³-hybridized carbons (Fsp3) is 0.759. The van der Waals surface area contributed by atoms with Gasteiger partial charge in [0.05, 0.1) is 5.41 Å². The highest BCUT2D eigenvalue weighted by Gasteiger charge is 2.69. The van der Waals surface area contributed by atoms with Gasteiger partial charge in [-0.05, 0) is 84.7 Å². The average Bonchev–Trinajstić information content (AvgIpc) is 2.71. The van der Waals surface area contributed by atoms with Crippen LogP contribution in [0.4, 0.5) is 0 Å². The second-order valence-electron chi connectivity index (χ2n) is 13.8. The lowest BCUT2D eigenvalue weighted by atomic mass is 9.36. The van der Waals surface area contributed by atoms with Crippen molar-refractivity contribution in [1.82, 2.24) is 0 Å². The first-order chi connectivity index (χ1) is 15.2. The molecule has 180 valence electrons. The molecule has 0 bridgehead atoms. The van der Waals surface area contributed by atoms with Crippen LogP contribution in [0.3, 0.4) is 0 Å². The van der Waals surface area contributed by atoms with Gasteiger partial charge in [0.25, 0.3) is 0 Å². The molecule has 4 nitrogen and oxygen atoms in total. The van der Waals surface area contributed by atoms with Crippen LogP contribution in [0.1, 0.15) is 92.9 Å². The van der Waals surface area contributed by atoms with E-state index in [1.165, 1.54) is 11.1 Å². The van der Waals surface area contributed by atoms with Gasteiger partial charge in [0.2, 0.25) is 0 Å². The minimum Gasteiger partial charge on any atom is -0.481 e. The number of rotatable bonds is 1. The summed E-state index contributed by atoms with van der Waals surface area (Å²) >= 11 is 0. The molecule has 0 aliphatic heterocycles. The molecule has 3 fully saturated rings. The molecule has 0 aromatic heterocycles. The standard InChI is InChI=1S/C29H40O4/c1-25(2)11-13-29(24(32)33)14-12-28(6)23(20(29)16-25)21(30)15-19-17-7-8-22(31)26(3,4)18(17)9-10-27(19,28)5/h7-8,18,20,23H,9-16H2,1-6H3,(H,32,33)/t18-,20+,23?,27-,28-,29+/m1/s1. The van der Waals surface area contributed by atoms with Gasteiger partial charge < -0.3 is 5.11 Å². The number of Topliss-reactive ketones (excluding diaryl/α,β-unsaturated/α-hetero) is 1. The lowest BCUT2D eigenvalue weighted by molar-refractivity contribution is -0.189. The number of hydrogen-bond acceptors (Lipinski definition) is 3. The topological polar surface area (TPSA) is 71.4 Å². The fourth-order valence-electron chi connectivity index (χ4n) is 9.04. The number of carbonyl (C=O) groups is 3. The number of aliphatic carboxylic acids is 1. The minimum absolute atomic E-state index is 0.0654. The molecule has 0 aromatic carbocycles. The van der Waals surface area contributed by atoms with E-state index >= 15 is 0 Å². The first-order valence-corrected chi connectivity index (χ1v) is 12.9. The van der Waals surface area contributed by atoms with E-state index in [-0.39, 0.29) is 45.6 Å². The summed E-state index contributed by atoms with van der Waals surface area (Å²) in [6.07, 6.45) is 9.95. The molecule has 1 N–H and O–H groups in total. The van der Waals surface area contributed by atoms with E-state index in [0.717, 1.165) is 32.1 Å². The maximum Gasteiger partial charge on any atom is 0.309 e. The summed E-state index contributed by atoms with van der Waals surface area (Å²) in [5.41, 5.74) is 0.967. The first-order valence-electron chi connectivity index (χ1n) is 12.9. The molecule has 3 saturated carbocycles. The number of carboxylic acids is 1. The van der Waals surface area contributed by atoms with Crippen LogP contribution >= 0.6 is 0 Å². The Morgan fingerprint density at radius 3 is 2.27 bits per heavy atom. The van der Waals surface area contributed by atoms with Crippen LogP contribution < -0.4 is 0 Å². The highest BCUT2D eigenvalue weighted by molar-refractivity contribution is 5.97. The molecule has 0 spiro atoms. The van der Waals surface area contributed by atoms with E-state index in [9.17, 15) is 19.5 Å². The quantitative estimate of drug-likeness (QED) is 0.518. The van der Waals surface area contributed by atoms with Gasteiger partial charge in [-0.15, -0.1) is 0 Å². The van der Waals surface area contributed by atoms with Crippen molar-refractivity contribution in [2.75, 3.05) is 0 Å². The molecule has 0 radical (unpaired) electrons. The molecular formula is C29H40O4. The maximum atomic E-state index is 14.0. The van der Waals surface area contributed by atoms with Gasteiger partial charge in [-0.2, -0.15) is 0 Å². The summed E-state index contributed by atoms with van der Waals surface area (Å²) in [7, 11) is 0. The Morgan fingerprint density at radius 1 is 0.939 bits per heavy atom. The Kier molecular flexibility index (Phi) is 4.68. The maximum absolute atomic E-state index is 14.0. The Morgan fingerprint density at radius 2 is 1.61 bits per heavy atom.